The number of hydrogen-bond donors (Lipinski definition) is 1. The van der Waals surface area contributed by atoms with Crippen LogP contribution in [0.2, 0.25) is 0 Å². The number of aryl methyl sites for hydroxylation is 2. The predicted octanol–water partition coefficient (Wildman–Crippen LogP) is 3.26. The van der Waals surface area contributed by atoms with Crippen LogP contribution in [0.4, 0.5) is 0 Å². The molecule has 2 rings (SSSR count). The molecule has 2 heteroatoms. The summed E-state index contributed by atoms with van der Waals surface area (Å²) in [5.41, 5.74) is 3.83. The summed E-state index contributed by atoms with van der Waals surface area (Å²) in [7, 11) is 0. The Bertz CT molecular complexity index is 443. The molecule has 0 atom stereocenters. The third kappa shape index (κ3) is 2.51. The van der Waals surface area contributed by atoms with E-state index in [-0.39, 0.29) is 0 Å². The van der Waals surface area contributed by atoms with Gasteiger partial charge in [-0.2, -0.15) is 0 Å². The minimum atomic E-state index is 0.955. The number of aromatic amines is 1. The SMILES string of the molecule is CCCc1nc(C)[nH]c1Cc1ccccc1. The minimum Gasteiger partial charge on any atom is -0.346 e. The molecule has 2 aromatic rings. The summed E-state index contributed by atoms with van der Waals surface area (Å²) < 4.78 is 0. The van der Waals surface area contributed by atoms with E-state index >= 15 is 0 Å². The van der Waals surface area contributed by atoms with E-state index in [1.807, 2.05) is 6.92 Å². The Morgan fingerprint density at radius 1 is 1.19 bits per heavy atom. The van der Waals surface area contributed by atoms with E-state index in [1.165, 1.54) is 17.0 Å². The van der Waals surface area contributed by atoms with Gasteiger partial charge in [-0.15, -0.1) is 0 Å². The van der Waals surface area contributed by atoms with Crippen molar-refractivity contribution in [3.05, 3.63) is 53.1 Å². The Kier molecular flexibility index (Phi) is 3.40. The molecule has 0 saturated heterocycles. The van der Waals surface area contributed by atoms with Gasteiger partial charge < -0.3 is 4.98 Å². The van der Waals surface area contributed by atoms with Crippen LogP contribution in [-0.2, 0) is 12.8 Å². The second-order valence-corrected chi connectivity index (χ2v) is 4.16. The lowest BCUT2D eigenvalue weighted by Crippen LogP contribution is -1.94. The maximum absolute atomic E-state index is 4.54. The highest BCUT2D eigenvalue weighted by atomic mass is 14.9. The Morgan fingerprint density at radius 3 is 2.62 bits per heavy atom. The highest BCUT2D eigenvalue weighted by Gasteiger charge is 2.07. The van der Waals surface area contributed by atoms with E-state index < -0.39 is 0 Å². The highest BCUT2D eigenvalue weighted by Crippen LogP contribution is 2.13. The summed E-state index contributed by atoms with van der Waals surface area (Å²) in [6, 6.07) is 10.5. The number of hydrogen-bond acceptors (Lipinski definition) is 1. The standard InChI is InChI=1S/C14H18N2/c1-3-7-13-14(16-11(2)15-13)10-12-8-5-4-6-9-12/h4-6,8-9H,3,7,10H2,1-2H3,(H,15,16). The number of imidazole rings is 1. The van der Waals surface area contributed by atoms with Crippen LogP contribution in [0.5, 0.6) is 0 Å². The molecule has 84 valence electrons. The summed E-state index contributed by atoms with van der Waals surface area (Å²) in [5.74, 6) is 1.02. The Hall–Kier alpha value is -1.57. The largest absolute Gasteiger partial charge is 0.346 e. The van der Waals surface area contributed by atoms with Gasteiger partial charge in [0.05, 0.1) is 5.69 Å². The molecule has 0 unspecified atom stereocenters. The maximum Gasteiger partial charge on any atom is 0.103 e. The summed E-state index contributed by atoms with van der Waals surface area (Å²) in [5, 5.41) is 0. The van der Waals surface area contributed by atoms with Gasteiger partial charge in [-0.1, -0.05) is 43.7 Å². The molecule has 0 aliphatic rings. The van der Waals surface area contributed by atoms with Crippen LogP contribution >= 0.6 is 0 Å². The maximum atomic E-state index is 4.54. The van der Waals surface area contributed by atoms with Gasteiger partial charge in [0, 0.05) is 12.1 Å². The molecule has 16 heavy (non-hydrogen) atoms. The van der Waals surface area contributed by atoms with Crippen molar-refractivity contribution in [3.63, 3.8) is 0 Å². The number of nitrogens with one attached hydrogen (secondary N) is 1. The van der Waals surface area contributed by atoms with Crippen LogP contribution in [0.1, 0.15) is 36.1 Å². The molecule has 0 radical (unpaired) electrons. The molecule has 0 spiro atoms. The van der Waals surface area contributed by atoms with Gasteiger partial charge in [-0.05, 0) is 18.9 Å². The van der Waals surface area contributed by atoms with Gasteiger partial charge in [-0.25, -0.2) is 4.98 Å². The first-order chi connectivity index (χ1) is 7.79. The smallest absolute Gasteiger partial charge is 0.103 e. The van der Waals surface area contributed by atoms with Crippen LogP contribution in [0.25, 0.3) is 0 Å². The number of aromatic nitrogens is 2. The summed E-state index contributed by atoms with van der Waals surface area (Å²) >= 11 is 0. The molecule has 0 saturated carbocycles. The van der Waals surface area contributed by atoms with Crippen LogP contribution in [-0.4, -0.2) is 9.97 Å². The molecule has 1 heterocycles. The fraction of sp³-hybridized carbons (Fsp3) is 0.357. The lowest BCUT2D eigenvalue weighted by atomic mass is 10.1. The third-order valence-electron chi connectivity index (χ3n) is 2.69. The fourth-order valence-electron chi connectivity index (χ4n) is 1.98. The average molecular weight is 214 g/mol. The van der Waals surface area contributed by atoms with E-state index in [4.69, 9.17) is 0 Å². The van der Waals surface area contributed by atoms with E-state index in [1.54, 1.807) is 0 Å². The summed E-state index contributed by atoms with van der Waals surface area (Å²) in [6.45, 7) is 4.21. The first kappa shape index (κ1) is 10.9. The summed E-state index contributed by atoms with van der Waals surface area (Å²) in [4.78, 5) is 7.91. The molecule has 0 fully saturated rings. The van der Waals surface area contributed by atoms with Gasteiger partial charge in [0.2, 0.25) is 0 Å². The van der Waals surface area contributed by atoms with Crippen LogP contribution in [0.3, 0.4) is 0 Å². The van der Waals surface area contributed by atoms with Crippen LogP contribution in [0.15, 0.2) is 30.3 Å². The van der Waals surface area contributed by atoms with E-state index in [9.17, 15) is 0 Å². The quantitative estimate of drug-likeness (QED) is 0.831. The van der Waals surface area contributed by atoms with E-state index in [2.05, 4.69) is 47.2 Å². The molecule has 0 amide bonds. The molecule has 0 aliphatic heterocycles. The van der Waals surface area contributed by atoms with Crippen molar-refractivity contribution in [2.24, 2.45) is 0 Å². The normalized spacial score (nSPS) is 10.6. The third-order valence-corrected chi connectivity index (χ3v) is 2.69. The molecule has 1 aromatic heterocycles. The van der Waals surface area contributed by atoms with Gasteiger partial charge in [-0.3, -0.25) is 0 Å². The first-order valence-corrected chi connectivity index (χ1v) is 5.88. The Labute approximate surface area is 96.7 Å². The lowest BCUT2D eigenvalue weighted by Gasteiger charge is -2.01. The monoisotopic (exact) mass is 214 g/mol. The number of nitrogens with zero attached hydrogens (tertiary/aromatic N) is 1. The van der Waals surface area contributed by atoms with Crippen LogP contribution in [0, 0.1) is 6.92 Å². The zero-order valence-electron chi connectivity index (χ0n) is 9.96. The van der Waals surface area contributed by atoms with Gasteiger partial charge in [0.1, 0.15) is 5.82 Å². The van der Waals surface area contributed by atoms with Crippen molar-refractivity contribution in [2.75, 3.05) is 0 Å². The van der Waals surface area contributed by atoms with Gasteiger partial charge in [0.25, 0.3) is 0 Å². The fourth-order valence-corrected chi connectivity index (χ4v) is 1.98. The van der Waals surface area contributed by atoms with Crippen molar-refractivity contribution in [1.29, 1.82) is 0 Å². The topological polar surface area (TPSA) is 28.7 Å². The zero-order chi connectivity index (χ0) is 11.4. The molecular formula is C14H18N2. The number of rotatable bonds is 4. The summed E-state index contributed by atoms with van der Waals surface area (Å²) in [6.07, 6.45) is 3.16. The van der Waals surface area contributed by atoms with E-state index in [0.717, 1.165) is 25.1 Å². The zero-order valence-corrected chi connectivity index (χ0v) is 9.96. The van der Waals surface area contributed by atoms with Crippen molar-refractivity contribution < 1.29 is 0 Å². The molecule has 1 N–H and O–H groups in total. The Balaban J connectivity index is 2.20. The second kappa shape index (κ2) is 4.97. The van der Waals surface area contributed by atoms with Crippen molar-refractivity contribution in [2.45, 2.75) is 33.1 Å². The highest BCUT2D eigenvalue weighted by molar-refractivity contribution is 5.25. The van der Waals surface area contributed by atoms with Gasteiger partial charge in [0.15, 0.2) is 0 Å². The van der Waals surface area contributed by atoms with Gasteiger partial charge >= 0.3 is 0 Å². The average Bonchev–Trinajstić information content (AvgIpc) is 2.61. The lowest BCUT2D eigenvalue weighted by molar-refractivity contribution is 0.871. The predicted molar refractivity (Wildman–Crippen MR) is 66.6 cm³/mol. The minimum absolute atomic E-state index is 0.955. The van der Waals surface area contributed by atoms with Crippen molar-refractivity contribution >= 4 is 0 Å². The van der Waals surface area contributed by atoms with Crippen molar-refractivity contribution in [3.8, 4) is 0 Å². The molecule has 2 nitrogen and oxygen atoms in total. The van der Waals surface area contributed by atoms with E-state index in [0.29, 0.717) is 0 Å². The molecular weight excluding hydrogens is 196 g/mol. The second-order valence-electron chi connectivity index (χ2n) is 4.16. The van der Waals surface area contributed by atoms with Crippen LogP contribution < -0.4 is 0 Å². The molecule has 0 bridgehead atoms. The Morgan fingerprint density at radius 2 is 1.94 bits per heavy atom. The molecule has 1 aromatic carbocycles. The number of benzene rings is 1. The first-order valence-electron chi connectivity index (χ1n) is 5.88. The number of H-pyrrole nitrogens is 1. The van der Waals surface area contributed by atoms with Crippen molar-refractivity contribution in [1.82, 2.24) is 9.97 Å². The molecule has 0 aliphatic carbocycles.